The summed E-state index contributed by atoms with van der Waals surface area (Å²) in [5.41, 5.74) is 5.56. The number of thiocarbonyl (C=S) groups is 2. The normalized spacial score (nSPS) is 8.62. The van der Waals surface area contributed by atoms with Crippen LogP contribution in [0.1, 0.15) is 30.6 Å². The van der Waals surface area contributed by atoms with Crippen LogP contribution in [0.4, 0.5) is 0 Å². The molecule has 1 rings (SSSR count). The number of carbonyl (C=O) groups excluding carboxylic acids is 1. The molecule has 1 aromatic rings. The second-order valence-corrected chi connectivity index (χ2v) is 6.18. The predicted molar refractivity (Wildman–Crippen MR) is 113 cm³/mol. The lowest BCUT2D eigenvalue weighted by molar-refractivity contribution is -0.135. The molecule has 0 aromatic heterocycles. The third-order valence-electron chi connectivity index (χ3n) is 2.62. The number of nitrogens with zero attached hydrogens (tertiary/aromatic N) is 1. The van der Waals surface area contributed by atoms with Crippen LogP contribution in [-0.4, -0.2) is 59.2 Å². The Morgan fingerprint density at radius 1 is 1.15 bits per heavy atom. The molecule has 0 atom stereocenters. The summed E-state index contributed by atoms with van der Waals surface area (Å²) in [5, 5.41) is 13.7. The number of amides is 1. The molecule has 1 aromatic carbocycles. The van der Waals surface area contributed by atoms with Gasteiger partial charge in [0.25, 0.3) is 5.91 Å². The van der Waals surface area contributed by atoms with E-state index in [4.69, 9.17) is 23.1 Å². The summed E-state index contributed by atoms with van der Waals surface area (Å²) in [4.78, 5) is 24.1. The predicted octanol–water partition coefficient (Wildman–Crippen LogP) is 1.63. The molecule has 7 nitrogen and oxygen atoms in total. The lowest BCUT2D eigenvalue weighted by Crippen LogP contribution is -2.29. The number of benzene rings is 1. The van der Waals surface area contributed by atoms with E-state index in [-0.39, 0.29) is 12.5 Å². The topological polar surface area (TPSA) is 108 Å². The molecule has 9 heteroatoms. The van der Waals surface area contributed by atoms with E-state index in [1.807, 2.05) is 25.9 Å². The number of rotatable bonds is 5. The minimum atomic E-state index is -1.05. The number of nitrogens with two attached hydrogens (primary N) is 1. The fraction of sp³-hybridized carbons (Fsp3) is 0.412. The molecular formula is C17H28N4O3S2. The molecule has 26 heavy (non-hydrogen) atoms. The summed E-state index contributed by atoms with van der Waals surface area (Å²) < 4.78 is 0. The third-order valence-corrected chi connectivity index (χ3v) is 3.12. The zero-order valence-corrected chi connectivity index (χ0v) is 17.2. The summed E-state index contributed by atoms with van der Waals surface area (Å²) in [6.45, 7) is 4.49. The first-order chi connectivity index (χ1) is 12.1. The molecule has 0 aliphatic rings. The Labute approximate surface area is 165 Å². The van der Waals surface area contributed by atoms with Gasteiger partial charge in [-0.25, -0.2) is 0 Å². The third kappa shape index (κ3) is 18.1. The Bertz CT molecular complexity index is 566. The summed E-state index contributed by atoms with van der Waals surface area (Å²) in [6.07, 6.45) is 1.07. The van der Waals surface area contributed by atoms with Crippen LogP contribution in [0.3, 0.4) is 0 Å². The molecule has 0 heterocycles. The highest BCUT2D eigenvalue weighted by Gasteiger charge is 2.04. The SMILES string of the molecule is CC(=S)N(C)C.CCCNC(N)=S.O=C(O)CNC(=O)c1ccccc1. The van der Waals surface area contributed by atoms with Gasteiger partial charge in [-0.1, -0.05) is 37.3 Å². The molecule has 0 aliphatic heterocycles. The van der Waals surface area contributed by atoms with E-state index in [9.17, 15) is 9.59 Å². The Morgan fingerprint density at radius 2 is 1.65 bits per heavy atom. The van der Waals surface area contributed by atoms with Crippen LogP contribution >= 0.6 is 24.4 Å². The molecule has 146 valence electrons. The van der Waals surface area contributed by atoms with Crippen molar-refractivity contribution in [1.29, 1.82) is 0 Å². The van der Waals surface area contributed by atoms with E-state index in [0.717, 1.165) is 18.0 Å². The van der Waals surface area contributed by atoms with Gasteiger partial charge in [-0.05, 0) is 37.7 Å². The van der Waals surface area contributed by atoms with Crippen molar-refractivity contribution in [3.05, 3.63) is 35.9 Å². The largest absolute Gasteiger partial charge is 0.480 e. The average molecular weight is 401 g/mol. The molecule has 0 radical (unpaired) electrons. The van der Waals surface area contributed by atoms with E-state index in [1.165, 1.54) is 0 Å². The number of carbonyl (C=O) groups is 2. The van der Waals surface area contributed by atoms with Crippen LogP contribution in [0.2, 0.25) is 0 Å². The van der Waals surface area contributed by atoms with Gasteiger partial charge in [0.05, 0.1) is 4.99 Å². The number of hydrogen-bond acceptors (Lipinski definition) is 4. The van der Waals surface area contributed by atoms with Crippen molar-refractivity contribution >= 4 is 46.4 Å². The summed E-state index contributed by atoms with van der Waals surface area (Å²) in [6, 6.07) is 8.47. The van der Waals surface area contributed by atoms with Crippen molar-refractivity contribution in [3.63, 3.8) is 0 Å². The highest BCUT2D eigenvalue weighted by Crippen LogP contribution is 1.96. The smallest absolute Gasteiger partial charge is 0.322 e. The van der Waals surface area contributed by atoms with Gasteiger partial charge in [0.2, 0.25) is 0 Å². The van der Waals surface area contributed by atoms with E-state index in [1.54, 1.807) is 30.3 Å². The van der Waals surface area contributed by atoms with Crippen LogP contribution in [0.5, 0.6) is 0 Å². The van der Waals surface area contributed by atoms with Crippen LogP contribution < -0.4 is 16.4 Å². The second-order valence-electron chi connectivity index (χ2n) is 5.15. The van der Waals surface area contributed by atoms with Gasteiger partial charge in [-0.15, -0.1) is 0 Å². The molecule has 5 N–H and O–H groups in total. The van der Waals surface area contributed by atoms with Crippen LogP contribution in [0.25, 0.3) is 0 Å². The van der Waals surface area contributed by atoms with Gasteiger partial charge in [0, 0.05) is 26.2 Å². The van der Waals surface area contributed by atoms with Gasteiger partial charge < -0.3 is 26.4 Å². The Kier molecular flexibility index (Phi) is 16.2. The van der Waals surface area contributed by atoms with Crippen LogP contribution in [0, 0.1) is 0 Å². The standard InChI is InChI=1S/C9H9NO3.C4H10N2S.C4H9NS/c11-8(12)6-10-9(13)7-4-2-1-3-5-7;1-2-3-6-4(5)7;1-4(6)5(2)3/h1-5H,6H2,(H,10,13)(H,11,12);2-3H2,1H3,(H3,5,6,7);1-3H3. The van der Waals surface area contributed by atoms with Crippen LogP contribution in [-0.2, 0) is 4.79 Å². The minimum Gasteiger partial charge on any atom is -0.480 e. The molecule has 1 amide bonds. The molecular weight excluding hydrogens is 372 g/mol. The lowest BCUT2D eigenvalue weighted by Gasteiger charge is -2.06. The monoisotopic (exact) mass is 400 g/mol. The van der Waals surface area contributed by atoms with Crippen molar-refractivity contribution < 1.29 is 14.7 Å². The zero-order valence-electron chi connectivity index (χ0n) is 15.6. The number of aliphatic carboxylic acids is 1. The van der Waals surface area contributed by atoms with Gasteiger partial charge in [0.15, 0.2) is 5.11 Å². The number of carboxylic acid groups (broad SMARTS) is 1. The van der Waals surface area contributed by atoms with Gasteiger partial charge in [-0.2, -0.15) is 0 Å². The highest BCUT2D eigenvalue weighted by molar-refractivity contribution is 7.80. The first-order valence-electron chi connectivity index (χ1n) is 7.88. The number of nitrogens with one attached hydrogen (secondary N) is 2. The van der Waals surface area contributed by atoms with Crippen molar-refractivity contribution in [2.75, 3.05) is 27.2 Å². The van der Waals surface area contributed by atoms with E-state index >= 15 is 0 Å². The minimum absolute atomic E-state index is 0.353. The van der Waals surface area contributed by atoms with E-state index in [2.05, 4.69) is 29.8 Å². The molecule has 0 fully saturated rings. The Hall–Kier alpha value is -2.26. The Morgan fingerprint density at radius 3 is 1.96 bits per heavy atom. The summed E-state index contributed by atoms with van der Waals surface area (Å²) in [5.74, 6) is -1.42. The van der Waals surface area contributed by atoms with E-state index < -0.39 is 5.97 Å². The zero-order chi connectivity index (χ0) is 20.5. The number of carboxylic acids is 1. The highest BCUT2D eigenvalue weighted by atomic mass is 32.1. The summed E-state index contributed by atoms with van der Waals surface area (Å²) in [7, 11) is 3.87. The molecule has 0 bridgehead atoms. The molecule has 0 unspecified atom stereocenters. The van der Waals surface area contributed by atoms with E-state index in [0.29, 0.717) is 10.7 Å². The maximum Gasteiger partial charge on any atom is 0.322 e. The molecule has 0 saturated heterocycles. The molecule has 0 aliphatic carbocycles. The van der Waals surface area contributed by atoms with Crippen LogP contribution in [0.15, 0.2) is 30.3 Å². The Balaban J connectivity index is 0. The fourth-order valence-electron chi connectivity index (χ4n) is 1.10. The number of hydrogen-bond donors (Lipinski definition) is 4. The quantitative estimate of drug-likeness (QED) is 0.553. The van der Waals surface area contributed by atoms with Crippen molar-refractivity contribution in [2.24, 2.45) is 5.73 Å². The van der Waals surface area contributed by atoms with Crippen molar-refractivity contribution in [2.45, 2.75) is 20.3 Å². The van der Waals surface area contributed by atoms with Crippen molar-refractivity contribution in [1.82, 2.24) is 15.5 Å². The second kappa shape index (κ2) is 16.2. The van der Waals surface area contributed by atoms with Gasteiger partial charge >= 0.3 is 5.97 Å². The maximum absolute atomic E-state index is 11.2. The lowest BCUT2D eigenvalue weighted by atomic mass is 10.2. The first kappa shape index (κ1) is 26.0. The summed E-state index contributed by atoms with van der Waals surface area (Å²) >= 11 is 9.27. The molecule has 0 spiro atoms. The average Bonchev–Trinajstić information content (AvgIpc) is 2.59. The van der Waals surface area contributed by atoms with Gasteiger partial charge in [0.1, 0.15) is 6.54 Å². The molecule has 0 saturated carbocycles. The van der Waals surface area contributed by atoms with Crippen molar-refractivity contribution in [3.8, 4) is 0 Å². The van der Waals surface area contributed by atoms with Gasteiger partial charge in [-0.3, -0.25) is 9.59 Å². The fourth-order valence-corrected chi connectivity index (χ4v) is 1.20. The first-order valence-corrected chi connectivity index (χ1v) is 8.69. The maximum atomic E-state index is 11.2.